The Labute approximate surface area is 116 Å². The van der Waals surface area contributed by atoms with Crippen molar-refractivity contribution in [3.8, 4) is 11.4 Å². The molecule has 0 saturated carbocycles. The van der Waals surface area contributed by atoms with Crippen molar-refractivity contribution in [2.45, 2.75) is 6.92 Å². The summed E-state index contributed by atoms with van der Waals surface area (Å²) in [7, 11) is 1.65. The Morgan fingerprint density at radius 1 is 1.42 bits per heavy atom. The predicted molar refractivity (Wildman–Crippen MR) is 79.4 cm³/mol. The van der Waals surface area contributed by atoms with Crippen molar-refractivity contribution in [2.75, 3.05) is 7.11 Å². The van der Waals surface area contributed by atoms with Crippen LogP contribution in [0.15, 0.2) is 48.7 Å². The number of hydrogen-bond donors (Lipinski definition) is 0. The predicted octanol–water partition coefficient (Wildman–Crippen LogP) is 3.51. The number of thioether (sulfide) groups is 1. The summed E-state index contributed by atoms with van der Waals surface area (Å²) in [6.45, 7) is 5.70. The van der Waals surface area contributed by atoms with E-state index in [4.69, 9.17) is 4.74 Å². The van der Waals surface area contributed by atoms with Crippen molar-refractivity contribution in [1.82, 2.24) is 14.8 Å². The van der Waals surface area contributed by atoms with Gasteiger partial charge in [0.1, 0.15) is 12.1 Å². The SMILES string of the molecule is C=CS/C(=C\C)c1nncn1-c1ccccc1OC. The Hall–Kier alpha value is -2.01. The van der Waals surface area contributed by atoms with Gasteiger partial charge >= 0.3 is 0 Å². The quantitative estimate of drug-likeness (QED) is 0.835. The number of allylic oxidation sites excluding steroid dienone is 1. The van der Waals surface area contributed by atoms with Crippen LogP contribution >= 0.6 is 11.8 Å². The largest absolute Gasteiger partial charge is 0.495 e. The monoisotopic (exact) mass is 273 g/mol. The Balaban J connectivity index is 2.52. The molecule has 0 radical (unpaired) electrons. The number of methoxy groups -OCH3 is 1. The van der Waals surface area contributed by atoms with Crippen LogP contribution in [0.4, 0.5) is 0 Å². The fraction of sp³-hybridized carbons (Fsp3) is 0.143. The molecule has 0 amide bonds. The second-order valence-corrected chi connectivity index (χ2v) is 4.64. The van der Waals surface area contributed by atoms with E-state index in [1.54, 1.807) is 18.8 Å². The maximum absolute atomic E-state index is 5.37. The number of ether oxygens (including phenoxy) is 1. The third-order valence-corrected chi connectivity index (χ3v) is 3.42. The highest BCUT2D eigenvalue weighted by atomic mass is 32.2. The zero-order chi connectivity index (χ0) is 13.7. The van der Waals surface area contributed by atoms with Gasteiger partial charge in [-0.25, -0.2) is 0 Å². The van der Waals surface area contributed by atoms with Crippen molar-refractivity contribution >= 4 is 16.7 Å². The number of rotatable bonds is 5. The molecule has 0 aliphatic carbocycles. The maximum Gasteiger partial charge on any atom is 0.174 e. The summed E-state index contributed by atoms with van der Waals surface area (Å²) >= 11 is 1.52. The average molecular weight is 273 g/mol. The lowest BCUT2D eigenvalue weighted by Gasteiger charge is -2.11. The van der Waals surface area contributed by atoms with Crippen LogP contribution in [0.1, 0.15) is 12.7 Å². The molecule has 0 bridgehead atoms. The van der Waals surface area contributed by atoms with Gasteiger partial charge in [0.2, 0.25) is 0 Å². The second-order valence-electron chi connectivity index (χ2n) is 3.63. The molecular weight excluding hydrogens is 258 g/mol. The third kappa shape index (κ3) is 2.71. The molecule has 1 heterocycles. The number of aromatic nitrogens is 3. The molecule has 5 heteroatoms. The van der Waals surface area contributed by atoms with Gasteiger partial charge in [0.25, 0.3) is 0 Å². The minimum Gasteiger partial charge on any atom is -0.495 e. The van der Waals surface area contributed by atoms with E-state index >= 15 is 0 Å². The van der Waals surface area contributed by atoms with Crippen molar-refractivity contribution in [1.29, 1.82) is 0 Å². The Morgan fingerprint density at radius 3 is 2.89 bits per heavy atom. The lowest BCUT2D eigenvalue weighted by atomic mass is 10.3. The van der Waals surface area contributed by atoms with Crippen LogP contribution in [0.2, 0.25) is 0 Å². The lowest BCUT2D eigenvalue weighted by Crippen LogP contribution is -2.01. The molecule has 1 aromatic heterocycles. The molecule has 0 aliphatic heterocycles. The molecule has 0 unspecified atom stereocenters. The minimum absolute atomic E-state index is 0.775. The number of para-hydroxylation sites is 2. The van der Waals surface area contributed by atoms with Gasteiger partial charge in [-0.1, -0.05) is 36.5 Å². The normalized spacial score (nSPS) is 11.4. The Morgan fingerprint density at radius 2 is 2.21 bits per heavy atom. The van der Waals surface area contributed by atoms with E-state index in [0.717, 1.165) is 22.2 Å². The summed E-state index contributed by atoms with van der Waals surface area (Å²) in [5, 5.41) is 9.95. The molecule has 19 heavy (non-hydrogen) atoms. The number of nitrogens with zero attached hydrogens (tertiary/aromatic N) is 3. The van der Waals surface area contributed by atoms with E-state index in [9.17, 15) is 0 Å². The molecular formula is C14H15N3OS. The summed E-state index contributed by atoms with van der Waals surface area (Å²) < 4.78 is 7.28. The van der Waals surface area contributed by atoms with Gasteiger partial charge < -0.3 is 4.74 Å². The average Bonchev–Trinajstić information content (AvgIpc) is 2.93. The van der Waals surface area contributed by atoms with E-state index in [2.05, 4.69) is 16.8 Å². The van der Waals surface area contributed by atoms with E-state index in [1.165, 1.54) is 11.8 Å². The molecule has 0 atom stereocenters. The van der Waals surface area contributed by atoms with Crippen molar-refractivity contribution in [3.63, 3.8) is 0 Å². The van der Waals surface area contributed by atoms with Gasteiger partial charge in [-0.2, -0.15) is 0 Å². The molecule has 4 nitrogen and oxygen atoms in total. The van der Waals surface area contributed by atoms with Crippen LogP contribution < -0.4 is 4.74 Å². The van der Waals surface area contributed by atoms with Crippen LogP contribution in [0.3, 0.4) is 0 Å². The van der Waals surface area contributed by atoms with Crippen LogP contribution in [0.5, 0.6) is 5.75 Å². The molecule has 0 N–H and O–H groups in total. The zero-order valence-corrected chi connectivity index (χ0v) is 11.7. The molecule has 0 aliphatic rings. The minimum atomic E-state index is 0.775. The third-order valence-electron chi connectivity index (χ3n) is 2.59. The number of benzene rings is 1. The summed E-state index contributed by atoms with van der Waals surface area (Å²) in [4.78, 5) is 0.999. The van der Waals surface area contributed by atoms with Crippen molar-refractivity contribution in [3.05, 3.63) is 54.5 Å². The van der Waals surface area contributed by atoms with Gasteiger partial charge in [0.15, 0.2) is 5.82 Å². The smallest absolute Gasteiger partial charge is 0.174 e. The fourth-order valence-electron chi connectivity index (χ4n) is 1.75. The molecule has 2 rings (SSSR count). The van der Waals surface area contributed by atoms with Gasteiger partial charge in [-0.15, -0.1) is 10.2 Å². The molecule has 0 fully saturated rings. The van der Waals surface area contributed by atoms with Gasteiger partial charge in [0, 0.05) is 0 Å². The first-order chi connectivity index (χ1) is 9.31. The van der Waals surface area contributed by atoms with Crippen LogP contribution in [0, 0.1) is 0 Å². The second kappa shape index (κ2) is 6.24. The highest BCUT2D eigenvalue weighted by molar-refractivity contribution is 8.10. The first-order valence-electron chi connectivity index (χ1n) is 5.79. The van der Waals surface area contributed by atoms with Crippen molar-refractivity contribution < 1.29 is 4.74 Å². The van der Waals surface area contributed by atoms with E-state index in [-0.39, 0.29) is 0 Å². The summed E-state index contributed by atoms with van der Waals surface area (Å²) in [5.41, 5.74) is 0.911. The standard InChI is InChI=1S/C14H15N3OS/c1-4-13(19-5-2)14-16-15-10-17(14)11-8-6-7-9-12(11)18-3/h4-10H,2H2,1,3H3/b13-4-. The number of hydrogen-bond acceptors (Lipinski definition) is 4. The molecule has 0 saturated heterocycles. The van der Waals surface area contributed by atoms with E-state index in [1.807, 2.05) is 41.8 Å². The maximum atomic E-state index is 5.37. The zero-order valence-electron chi connectivity index (χ0n) is 10.9. The van der Waals surface area contributed by atoms with Gasteiger partial charge in [-0.3, -0.25) is 4.57 Å². The van der Waals surface area contributed by atoms with Crippen LogP contribution in [-0.4, -0.2) is 21.9 Å². The summed E-state index contributed by atoms with van der Waals surface area (Å²) in [6.07, 6.45) is 3.67. The Kier molecular flexibility index (Phi) is 4.41. The summed E-state index contributed by atoms with van der Waals surface area (Å²) in [5.74, 6) is 1.56. The molecule has 1 aromatic carbocycles. The first kappa shape index (κ1) is 13.4. The van der Waals surface area contributed by atoms with Crippen LogP contribution in [-0.2, 0) is 0 Å². The van der Waals surface area contributed by atoms with E-state index < -0.39 is 0 Å². The Bertz CT molecular complexity index is 604. The molecule has 98 valence electrons. The fourth-order valence-corrected chi connectivity index (χ4v) is 2.31. The van der Waals surface area contributed by atoms with Crippen LogP contribution in [0.25, 0.3) is 10.6 Å². The molecule has 2 aromatic rings. The summed E-state index contributed by atoms with van der Waals surface area (Å²) in [6, 6.07) is 7.77. The highest BCUT2D eigenvalue weighted by Gasteiger charge is 2.13. The topological polar surface area (TPSA) is 39.9 Å². The first-order valence-corrected chi connectivity index (χ1v) is 6.67. The van der Waals surface area contributed by atoms with Gasteiger partial charge in [0.05, 0.1) is 17.7 Å². The van der Waals surface area contributed by atoms with Gasteiger partial charge in [-0.05, 0) is 24.5 Å². The highest BCUT2D eigenvalue weighted by Crippen LogP contribution is 2.30. The lowest BCUT2D eigenvalue weighted by molar-refractivity contribution is 0.413. The molecule has 0 spiro atoms. The van der Waals surface area contributed by atoms with Crippen molar-refractivity contribution in [2.24, 2.45) is 0 Å². The van der Waals surface area contributed by atoms with E-state index in [0.29, 0.717) is 0 Å².